The summed E-state index contributed by atoms with van der Waals surface area (Å²) in [6.07, 6.45) is 8.97. The molecule has 0 aliphatic carbocycles. The van der Waals surface area contributed by atoms with Crippen molar-refractivity contribution in [2.75, 3.05) is 6.54 Å². The molecule has 1 amide bonds. The third-order valence-electron chi connectivity index (χ3n) is 3.53. The minimum absolute atomic E-state index is 0.184. The quantitative estimate of drug-likeness (QED) is 0.718. The lowest BCUT2D eigenvalue weighted by Crippen LogP contribution is -2.36. The number of oxazole rings is 1. The molecule has 0 aromatic carbocycles. The molecular weight excluding hydrogens is 298 g/mol. The zero-order valence-electron chi connectivity index (χ0n) is 13.4. The van der Waals surface area contributed by atoms with Crippen LogP contribution in [0, 0.1) is 0 Å². The van der Waals surface area contributed by atoms with Crippen LogP contribution in [-0.4, -0.2) is 22.4 Å². The Labute approximate surface area is 134 Å². The Bertz CT molecular complexity index is 677. The van der Waals surface area contributed by atoms with Gasteiger partial charge in [-0.25, -0.2) is 14.6 Å². The molecule has 0 radical (unpaired) electrons. The van der Waals surface area contributed by atoms with Gasteiger partial charge in [0.2, 0.25) is 5.65 Å². The largest absolute Gasteiger partial charge is 0.455 e. The first-order chi connectivity index (χ1) is 11.2. The molecule has 0 aliphatic heterocycles. The predicted molar refractivity (Wildman–Crippen MR) is 86.2 cm³/mol. The summed E-state index contributed by atoms with van der Waals surface area (Å²) in [5.74, 6) is -0.773. The van der Waals surface area contributed by atoms with E-state index in [1.54, 1.807) is 12.1 Å². The van der Waals surface area contributed by atoms with Gasteiger partial charge in [0.15, 0.2) is 5.58 Å². The van der Waals surface area contributed by atoms with Crippen LogP contribution >= 0.6 is 0 Å². The highest BCUT2D eigenvalue weighted by atomic mass is 16.7. The van der Waals surface area contributed by atoms with Crippen molar-refractivity contribution >= 4 is 17.3 Å². The van der Waals surface area contributed by atoms with E-state index in [0.717, 1.165) is 17.6 Å². The highest BCUT2D eigenvalue weighted by Crippen LogP contribution is 2.07. The first-order valence-electron chi connectivity index (χ1n) is 8.15. The van der Waals surface area contributed by atoms with Crippen molar-refractivity contribution in [3.05, 3.63) is 28.9 Å². The van der Waals surface area contributed by atoms with Crippen molar-refractivity contribution in [1.29, 1.82) is 0 Å². The van der Waals surface area contributed by atoms with Crippen LogP contribution in [0.4, 0.5) is 4.79 Å². The fourth-order valence-corrected chi connectivity index (χ4v) is 2.30. The van der Waals surface area contributed by atoms with E-state index in [0.29, 0.717) is 6.54 Å². The zero-order valence-corrected chi connectivity index (χ0v) is 13.4. The van der Waals surface area contributed by atoms with Crippen LogP contribution in [0.5, 0.6) is 0 Å². The Hall–Kier alpha value is -2.31. The fraction of sp³-hybridized carbons (Fsp3) is 0.562. The van der Waals surface area contributed by atoms with Crippen molar-refractivity contribution in [2.24, 2.45) is 0 Å². The third kappa shape index (κ3) is 5.12. The summed E-state index contributed by atoms with van der Waals surface area (Å²) < 4.78 is 5.69. The Morgan fingerprint density at radius 2 is 2.00 bits per heavy atom. The summed E-state index contributed by atoms with van der Waals surface area (Å²) in [6, 6.07) is 3.22. The molecule has 0 spiro atoms. The molecule has 2 rings (SSSR count). The standard InChI is InChI=1S/C16H23N3O4/c1-2-3-4-5-6-7-8-11-18-15(20)23-19-14-13(22-16(19)21)10-9-12-17-14/h9-10,12H,2-8,11H2,1H3,(H,18,20). The highest BCUT2D eigenvalue weighted by molar-refractivity contribution is 5.70. The minimum atomic E-state index is -0.773. The lowest BCUT2D eigenvalue weighted by molar-refractivity contribution is 0.127. The number of unbranched alkanes of at least 4 members (excludes halogenated alkanes) is 6. The van der Waals surface area contributed by atoms with E-state index in [1.165, 1.54) is 38.3 Å². The molecule has 2 aromatic heterocycles. The topological polar surface area (TPSA) is 86.4 Å². The van der Waals surface area contributed by atoms with Crippen molar-refractivity contribution in [3.63, 3.8) is 0 Å². The summed E-state index contributed by atoms with van der Waals surface area (Å²) in [5.41, 5.74) is 0.459. The van der Waals surface area contributed by atoms with Gasteiger partial charge in [-0.15, -0.1) is 0 Å². The molecule has 7 nitrogen and oxygen atoms in total. The smallest absolute Gasteiger partial charge is 0.404 e. The molecule has 1 N–H and O–H groups in total. The number of amides is 1. The maximum Gasteiger partial charge on any atom is 0.455 e. The zero-order chi connectivity index (χ0) is 16.5. The summed E-state index contributed by atoms with van der Waals surface area (Å²) in [6.45, 7) is 2.71. The number of hydrogen-bond acceptors (Lipinski definition) is 5. The van der Waals surface area contributed by atoms with Gasteiger partial charge < -0.3 is 14.6 Å². The van der Waals surface area contributed by atoms with Gasteiger partial charge in [-0.2, -0.15) is 0 Å². The molecule has 0 atom stereocenters. The molecule has 0 saturated heterocycles. The van der Waals surface area contributed by atoms with Gasteiger partial charge in [0.1, 0.15) is 0 Å². The number of nitrogens with zero attached hydrogens (tertiary/aromatic N) is 2. The van der Waals surface area contributed by atoms with Gasteiger partial charge in [-0.05, 0) is 18.6 Å². The molecular formula is C16H23N3O4. The van der Waals surface area contributed by atoms with Gasteiger partial charge in [0.05, 0.1) is 0 Å². The lowest BCUT2D eigenvalue weighted by Gasteiger charge is -2.05. The Morgan fingerprint density at radius 3 is 2.78 bits per heavy atom. The van der Waals surface area contributed by atoms with E-state index in [9.17, 15) is 9.59 Å². The SMILES string of the molecule is CCCCCCCCCNC(=O)On1c(=O)oc2cccnc21. The van der Waals surface area contributed by atoms with E-state index in [1.807, 2.05) is 0 Å². The van der Waals surface area contributed by atoms with Crippen LogP contribution < -0.4 is 15.9 Å². The molecule has 0 fully saturated rings. The van der Waals surface area contributed by atoms with E-state index >= 15 is 0 Å². The van der Waals surface area contributed by atoms with Crippen LogP contribution in [0.25, 0.3) is 11.2 Å². The predicted octanol–water partition coefficient (Wildman–Crippen LogP) is 2.88. The highest BCUT2D eigenvalue weighted by Gasteiger charge is 2.14. The molecule has 23 heavy (non-hydrogen) atoms. The maximum atomic E-state index is 11.7. The normalized spacial score (nSPS) is 10.8. The van der Waals surface area contributed by atoms with Crippen molar-refractivity contribution in [3.8, 4) is 0 Å². The minimum Gasteiger partial charge on any atom is -0.404 e. The lowest BCUT2D eigenvalue weighted by atomic mass is 10.1. The Morgan fingerprint density at radius 1 is 1.26 bits per heavy atom. The molecule has 0 aliphatic rings. The van der Waals surface area contributed by atoms with Crippen LogP contribution in [-0.2, 0) is 0 Å². The summed E-state index contributed by atoms with van der Waals surface area (Å²) in [7, 11) is 0. The number of carbonyl (C=O) groups excluding carboxylic acids is 1. The van der Waals surface area contributed by atoms with E-state index in [2.05, 4.69) is 17.2 Å². The van der Waals surface area contributed by atoms with Crippen molar-refractivity contribution in [2.45, 2.75) is 51.9 Å². The second-order valence-corrected chi connectivity index (χ2v) is 5.41. The van der Waals surface area contributed by atoms with Crippen LogP contribution in [0.1, 0.15) is 51.9 Å². The Kier molecular flexibility index (Phi) is 6.65. The molecule has 126 valence electrons. The van der Waals surface area contributed by atoms with Gasteiger partial charge in [0, 0.05) is 12.7 Å². The molecule has 2 aromatic rings. The third-order valence-corrected chi connectivity index (χ3v) is 3.53. The van der Waals surface area contributed by atoms with Gasteiger partial charge >= 0.3 is 11.8 Å². The van der Waals surface area contributed by atoms with Gasteiger partial charge in [-0.3, -0.25) is 0 Å². The van der Waals surface area contributed by atoms with Gasteiger partial charge in [-0.1, -0.05) is 50.2 Å². The maximum absolute atomic E-state index is 11.7. The summed E-state index contributed by atoms with van der Waals surface area (Å²) in [4.78, 5) is 32.3. The summed E-state index contributed by atoms with van der Waals surface area (Å²) >= 11 is 0. The average molecular weight is 321 g/mol. The first-order valence-corrected chi connectivity index (χ1v) is 8.15. The van der Waals surface area contributed by atoms with Crippen molar-refractivity contribution in [1.82, 2.24) is 15.0 Å². The van der Waals surface area contributed by atoms with Gasteiger partial charge in [0.25, 0.3) is 0 Å². The number of aromatic nitrogens is 2. The number of hydrogen-bond donors (Lipinski definition) is 1. The number of nitrogens with one attached hydrogen (secondary N) is 1. The van der Waals surface area contributed by atoms with Crippen molar-refractivity contribution < 1.29 is 14.0 Å². The molecule has 2 heterocycles. The number of rotatable bonds is 9. The first kappa shape index (κ1) is 17.1. The molecule has 0 saturated carbocycles. The monoisotopic (exact) mass is 321 g/mol. The molecule has 0 unspecified atom stereocenters. The van der Waals surface area contributed by atoms with E-state index < -0.39 is 11.8 Å². The van der Waals surface area contributed by atoms with E-state index in [-0.39, 0.29) is 11.2 Å². The molecule has 7 heteroatoms. The second-order valence-electron chi connectivity index (χ2n) is 5.41. The number of carbonyl (C=O) groups is 1. The average Bonchev–Trinajstić information content (AvgIpc) is 2.86. The van der Waals surface area contributed by atoms with Crippen LogP contribution in [0.15, 0.2) is 27.5 Å². The Balaban J connectivity index is 1.70. The van der Waals surface area contributed by atoms with Crippen LogP contribution in [0.2, 0.25) is 0 Å². The van der Waals surface area contributed by atoms with Crippen LogP contribution in [0.3, 0.4) is 0 Å². The fourth-order valence-electron chi connectivity index (χ4n) is 2.30. The second kappa shape index (κ2) is 8.97. The number of pyridine rings is 1. The van der Waals surface area contributed by atoms with E-state index in [4.69, 9.17) is 9.25 Å². The number of fused-ring (bicyclic) bond motifs is 1. The molecule has 0 bridgehead atoms. The summed E-state index contributed by atoms with van der Waals surface area (Å²) in [5, 5.41) is 2.62.